The van der Waals surface area contributed by atoms with Gasteiger partial charge in [0.15, 0.2) is 5.13 Å². The molecule has 1 heterocycles. The lowest BCUT2D eigenvalue weighted by molar-refractivity contribution is -0.143. The van der Waals surface area contributed by atoms with Crippen LogP contribution < -0.4 is 10.2 Å². The first-order valence-electron chi connectivity index (χ1n) is 12.7. The second kappa shape index (κ2) is 12.8. The van der Waals surface area contributed by atoms with E-state index in [9.17, 15) is 49.1 Å². The molecule has 0 aliphatic rings. The van der Waals surface area contributed by atoms with E-state index >= 15 is 0 Å². The van der Waals surface area contributed by atoms with Gasteiger partial charge in [-0.15, -0.1) is 11.3 Å². The quantitative estimate of drug-likeness (QED) is 0.176. The molecule has 238 valence electrons. The molecule has 16 heteroatoms. The molecular formula is C29H20F9N3O3S. The molecule has 0 aliphatic heterocycles. The maximum atomic E-state index is 14.1. The van der Waals surface area contributed by atoms with Crippen molar-refractivity contribution in [2.45, 2.75) is 31.5 Å². The van der Waals surface area contributed by atoms with Crippen LogP contribution in [0.4, 0.5) is 50.3 Å². The van der Waals surface area contributed by atoms with Crippen LogP contribution in [0, 0.1) is 0 Å². The fourth-order valence-electron chi connectivity index (χ4n) is 4.11. The normalized spacial score (nSPS) is 12.2. The summed E-state index contributed by atoms with van der Waals surface area (Å²) in [7, 11) is 0. The molecule has 0 unspecified atom stereocenters. The van der Waals surface area contributed by atoms with Crippen LogP contribution in [0.3, 0.4) is 0 Å². The summed E-state index contributed by atoms with van der Waals surface area (Å²) in [6.07, 6.45) is -15.2. The number of carbonyl (C=O) groups excluding carboxylic acids is 1. The lowest BCUT2D eigenvalue weighted by Gasteiger charge is -2.26. The predicted octanol–water partition coefficient (Wildman–Crippen LogP) is 8.41. The van der Waals surface area contributed by atoms with Crippen LogP contribution in [0.2, 0.25) is 0 Å². The molecule has 0 saturated heterocycles. The minimum atomic E-state index is -5.22. The average molecular weight is 662 g/mol. The van der Waals surface area contributed by atoms with Crippen molar-refractivity contribution in [1.82, 2.24) is 10.3 Å². The number of nitrogens with zero attached hydrogens (tertiary/aromatic N) is 2. The van der Waals surface area contributed by atoms with E-state index in [-0.39, 0.29) is 47.5 Å². The highest BCUT2D eigenvalue weighted by molar-refractivity contribution is 7.14. The van der Waals surface area contributed by atoms with Gasteiger partial charge in [-0.3, -0.25) is 9.59 Å². The number of halogens is 9. The van der Waals surface area contributed by atoms with E-state index in [1.165, 1.54) is 29.6 Å². The van der Waals surface area contributed by atoms with Crippen molar-refractivity contribution in [3.05, 3.63) is 99.9 Å². The molecule has 0 fully saturated rings. The molecule has 45 heavy (non-hydrogen) atoms. The number of rotatable bonds is 9. The average Bonchev–Trinajstić information content (AvgIpc) is 3.44. The topological polar surface area (TPSA) is 82.5 Å². The highest BCUT2D eigenvalue weighted by Gasteiger charge is 2.40. The van der Waals surface area contributed by atoms with Crippen LogP contribution in [0.15, 0.2) is 72.1 Å². The Morgan fingerprint density at radius 3 is 1.96 bits per heavy atom. The molecule has 6 nitrogen and oxygen atoms in total. The van der Waals surface area contributed by atoms with Gasteiger partial charge in [0.2, 0.25) is 0 Å². The third-order valence-electron chi connectivity index (χ3n) is 6.33. The van der Waals surface area contributed by atoms with Crippen molar-refractivity contribution in [1.29, 1.82) is 0 Å². The molecule has 0 saturated carbocycles. The Labute approximate surface area is 252 Å². The van der Waals surface area contributed by atoms with Gasteiger partial charge in [-0.1, -0.05) is 24.3 Å². The number of nitrogens with one attached hydrogen (secondary N) is 1. The number of hydrogen-bond acceptors (Lipinski definition) is 5. The van der Waals surface area contributed by atoms with Gasteiger partial charge in [0.05, 0.1) is 41.0 Å². The number of alkyl halides is 9. The molecule has 0 spiro atoms. The van der Waals surface area contributed by atoms with Crippen molar-refractivity contribution in [2.75, 3.05) is 11.4 Å². The summed E-state index contributed by atoms with van der Waals surface area (Å²) in [6.45, 7) is -0.515. The minimum Gasteiger partial charge on any atom is -0.481 e. The number of benzene rings is 3. The number of carbonyl (C=O) groups is 2. The van der Waals surface area contributed by atoms with E-state index in [2.05, 4.69) is 10.3 Å². The summed E-state index contributed by atoms with van der Waals surface area (Å²) in [5.74, 6) is -1.74. The second-order valence-corrected chi connectivity index (χ2v) is 10.3. The number of carboxylic acids is 1. The van der Waals surface area contributed by atoms with E-state index in [4.69, 9.17) is 5.11 Å². The van der Waals surface area contributed by atoms with Gasteiger partial charge in [-0.25, -0.2) is 4.98 Å². The van der Waals surface area contributed by atoms with Crippen LogP contribution >= 0.6 is 11.3 Å². The van der Waals surface area contributed by atoms with Crippen LogP contribution in [0.5, 0.6) is 0 Å². The second-order valence-electron chi connectivity index (χ2n) is 9.50. The van der Waals surface area contributed by atoms with Crippen LogP contribution in [-0.2, 0) is 29.9 Å². The number of aliphatic carboxylic acids is 1. The van der Waals surface area contributed by atoms with Crippen LogP contribution in [0.25, 0.3) is 11.3 Å². The number of amides is 1. The largest absolute Gasteiger partial charge is 0.481 e. The molecule has 0 bridgehead atoms. The number of thiazole rings is 1. The molecule has 4 aromatic rings. The van der Waals surface area contributed by atoms with Crippen molar-refractivity contribution < 1.29 is 54.2 Å². The third-order valence-corrected chi connectivity index (χ3v) is 7.20. The Balaban J connectivity index is 1.73. The lowest BCUT2D eigenvalue weighted by Crippen LogP contribution is -2.26. The van der Waals surface area contributed by atoms with Gasteiger partial charge >= 0.3 is 24.5 Å². The number of anilines is 2. The van der Waals surface area contributed by atoms with E-state index < -0.39 is 52.8 Å². The zero-order valence-electron chi connectivity index (χ0n) is 22.5. The van der Waals surface area contributed by atoms with E-state index in [0.29, 0.717) is 17.7 Å². The summed E-state index contributed by atoms with van der Waals surface area (Å²) in [5, 5.41) is 12.4. The van der Waals surface area contributed by atoms with Crippen molar-refractivity contribution >= 4 is 34.0 Å². The van der Waals surface area contributed by atoms with Crippen LogP contribution in [0.1, 0.15) is 39.0 Å². The molecule has 0 aliphatic carbocycles. The SMILES string of the molecule is O=C(O)CCNC(=O)c1ccc(CN(c2nc(-c3ccc(C(F)(F)F)cc3)cs2)c2ccc(C(F)(F)F)cc2C(F)(F)F)cc1. The summed E-state index contributed by atoms with van der Waals surface area (Å²) >= 11 is 0.816. The first kappa shape index (κ1) is 33.3. The Morgan fingerprint density at radius 1 is 0.800 bits per heavy atom. The highest BCUT2D eigenvalue weighted by Crippen LogP contribution is 2.44. The maximum absolute atomic E-state index is 14.1. The number of aromatic nitrogens is 1. The third kappa shape index (κ3) is 8.32. The van der Waals surface area contributed by atoms with Gasteiger partial charge in [0, 0.05) is 23.1 Å². The first-order valence-corrected chi connectivity index (χ1v) is 13.6. The maximum Gasteiger partial charge on any atom is 0.418 e. The predicted molar refractivity (Wildman–Crippen MR) is 146 cm³/mol. The zero-order valence-corrected chi connectivity index (χ0v) is 23.3. The summed E-state index contributed by atoms with van der Waals surface area (Å²) < 4.78 is 121. The smallest absolute Gasteiger partial charge is 0.418 e. The summed E-state index contributed by atoms with van der Waals surface area (Å²) in [5.41, 5.74) is -3.97. The Morgan fingerprint density at radius 2 is 1.40 bits per heavy atom. The molecule has 4 rings (SSSR count). The molecule has 2 N–H and O–H groups in total. The van der Waals surface area contributed by atoms with Gasteiger partial charge in [-0.2, -0.15) is 39.5 Å². The molecule has 0 radical (unpaired) electrons. The number of carboxylic acid groups (broad SMARTS) is 1. The van der Waals surface area contributed by atoms with Crippen molar-refractivity contribution in [3.8, 4) is 11.3 Å². The molecule has 1 aromatic heterocycles. The van der Waals surface area contributed by atoms with Gasteiger partial charge in [0.25, 0.3) is 5.91 Å². The van der Waals surface area contributed by atoms with Crippen molar-refractivity contribution in [3.63, 3.8) is 0 Å². The van der Waals surface area contributed by atoms with E-state index in [1.807, 2.05) is 0 Å². The zero-order chi connectivity index (χ0) is 33.2. The fraction of sp³-hybridized carbons (Fsp3) is 0.207. The summed E-state index contributed by atoms with van der Waals surface area (Å²) in [6, 6.07) is 10.5. The Kier molecular flexibility index (Phi) is 9.46. The molecule has 0 atom stereocenters. The molecule has 3 aromatic carbocycles. The van der Waals surface area contributed by atoms with Crippen LogP contribution in [-0.4, -0.2) is 28.5 Å². The Hall–Kier alpha value is -4.60. The first-order chi connectivity index (χ1) is 20.9. The standard InChI is InChI=1S/C29H20F9N3O3S/c30-27(31,32)19-7-5-17(6-8-19)22-15-45-26(40-22)41(23-10-9-20(28(33,34)35)13-21(23)29(36,37)38)14-16-1-3-18(4-2-16)25(44)39-12-11-24(42)43/h1-10,13,15H,11-12,14H2,(H,39,44)(H,42,43). The highest BCUT2D eigenvalue weighted by atomic mass is 32.1. The lowest BCUT2D eigenvalue weighted by atomic mass is 10.1. The van der Waals surface area contributed by atoms with E-state index in [0.717, 1.165) is 40.5 Å². The molecule has 1 amide bonds. The number of hydrogen-bond donors (Lipinski definition) is 2. The molecular weight excluding hydrogens is 641 g/mol. The van der Waals surface area contributed by atoms with Crippen molar-refractivity contribution in [2.24, 2.45) is 0 Å². The van der Waals surface area contributed by atoms with E-state index in [1.54, 1.807) is 0 Å². The summed E-state index contributed by atoms with van der Waals surface area (Å²) in [4.78, 5) is 28.3. The van der Waals surface area contributed by atoms with Gasteiger partial charge < -0.3 is 15.3 Å². The van der Waals surface area contributed by atoms with Gasteiger partial charge in [0.1, 0.15) is 0 Å². The minimum absolute atomic E-state index is 0.0166. The monoisotopic (exact) mass is 661 g/mol. The fourth-order valence-corrected chi connectivity index (χ4v) is 4.96. The Bertz CT molecular complexity index is 1660. The van der Waals surface area contributed by atoms with Gasteiger partial charge in [-0.05, 0) is 48.0 Å².